The van der Waals surface area contributed by atoms with Gasteiger partial charge in [-0.3, -0.25) is 23.2 Å². The summed E-state index contributed by atoms with van der Waals surface area (Å²) in [5.74, 6) is -1.24. The molecule has 2 fully saturated rings. The third-order valence-corrected chi connectivity index (χ3v) is 8.36. The summed E-state index contributed by atoms with van der Waals surface area (Å²) in [5.41, 5.74) is -0.938. The van der Waals surface area contributed by atoms with E-state index in [9.17, 15) is 33.6 Å². The van der Waals surface area contributed by atoms with E-state index in [1.165, 1.54) is 7.11 Å². The lowest BCUT2D eigenvalue weighted by molar-refractivity contribution is -0.143. The highest BCUT2D eigenvalue weighted by Crippen LogP contribution is 3.01. The average Bonchev–Trinajstić information content (AvgIpc) is 2.62. The number of amides is 1. The van der Waals surface area contributed by atoms with Crippen molar-refractivity contribution in [1.29, 1.82) is 0 Å². The van der Waals surface area contributed by atoms with Gasteiger partial charge in [0.05, 0.1) is 31.5 Å². The second kappa shape index (κ2) is 8.12. The maximum atomic E-state index is 12.9. The molecule has 1 saturated carbocycles. The number of hydrogen-bond donors (Lipinski definition) is 1. The maximum absolute atomic E-state index is 12.9. The second-order valence-corrected chi connectivity index (χ2v) is 12.6. The molecule has 1 heterocycles. The summed E-state index contributed by atoms with van der Waals surface area (Å²) in [6.07, 6.45) is -5.01. The molecule has 0 aromatic carbocycles. The molecule has 2 atom stereocenters. The van der Waals surface area contributed by atoms with E-state index < -0.39 is 78.5 Å². The van der Waals surface area contributed by atoms with Crippen LogP contribution in [0.3, 0.4) is 0 Å². The first kappa shape index (κ1) is 26.3. The van der Waals surface area contributed by atoms with E-state index in [-0.39, 0.29) is 19.6 Å². The van der Waals surface area contributed by atoms with Gasteiger partial charge in [-0.15, -0.1) is 0 Å². The first-order chi connectivity index (χ1) is 13.8. The molecular weight excluding hydrogens is 476 g/mol. The molecule has 0 bridgehead atoms. The van der Waals surface area contributed by atoms with Gasteiger partial charge in [0.2, 0.25) is 5.91 Å². The van der Waals surface area contributed by atoms with E-state index in [4.69, 9.17) is 13.6 Å². The normalized spacial score (nSPS) is 33.6. The topological polar surface area (TPSA) is 100 Å². The van der Waals surface area contributed by atoms with Crippen LogP contribution in [0.4, 0.5) is 19.4 Å². The number of ether oxygens (including phenoxy) is 1. The van der Waals surface area contributed by atoms with Gasteiger partial charge in [-0.25, -0.2) is 4.57 Å². The molecule has 1 N–H and O–H groups in total. The summed E-state index contributed by atoms with van der Waals surface area (Å²) < 4.78 is 97.7. The Morgan fingerprint density at radius 3 is 2.23 bits per heavy atom. The fourth-order valence-corrected chi connectivity index (χ4v) is 6.37. The SMILES string of the molecule is COC(=O)CCNC(=O)[C@@H]1O[P@](=O)(OC2CCC(S(F)(F)(F)(F)F)CC2)OCC1(C)C. The van der Waals surface area contributed by atoms with Crippen molar-refractivity contribution < 1.29 is 51.9 Å². The monoisotopic (exact) mass is 503 g/mol. The third kappa shape index (κ3) is 7.28. The van der Waals surface area contributed by atoms with Gasteiger partial charge in [0.1, 0.15) is 0 Å². The van der Waals surface area contributed by atoms with Crippen LogP contribution in [0.2, 0.25) is 0 Å². The molecule has 1 saturated heterocycles. The van der Waals surface area contributed by atoms with Gasteiger partial charge >= 0.3 is 13.8 Å². The Labute approximate surface area is 176 Å². The second-order valence-electron chi connectivity index (χ2n) is 8.34. The van der Waals surface area contributed by atoms with Gasteiger partial charge in [0.15, 0.2) is 6.10 Å². The largest absolute Gasteiger partial charge is 0.475 e. The smallest absolute Gasteiger partial charge is 0.469 e. The van der Waals surface area contributed by atoms with Crippen LogP contribution in [0.25, 0.3) is 0 Å². The van der Waals surface area contributed by atoms with Crippen LogP contribution in [0, 0.1) is 5.41 Å². The Bertz CT molecular complexity index is 755. The van der Waals surface area contributed by atoms with Crippen molar-refractivity contribution in [3.05, 3.63) is 0 Å². The van der Waals surface area contributed by atoms with Gasteiger partial charge < -0.3 is 10.1 Å². The van der Waals surface area contributed by atoms with Crippen LogP contribution in [0.5, 0.6) is 0 Å². The predicted octanol–water partition coefficient (Wildman–Crippen LogP) is 4.84. The van der Waals surface area contributed by atoms with Crippen LogP contribution >= 0.6 is 18.0 Å². The standard InChI is InChI=1S/C16H27F5NO7PS/c1-16(2)10-27-30(25,29-14(16)15(24)22-9-8-13(23)26-3)28-11-4-6-12(7-5-11)31(17,18,19,20)21/h11-12,14H,4-10H2,1-3H3,(H,22,24)/t11?,12?,14-,30-/m0/s1. The first-order valence-electron chi connectivity index (χ1n) is 9.54. The summed E-state index contributed by atoms with van der Waals surface area (Å²) in [6, 6.07) is 0. The molecule has 1 aliphatic carbocycles. The number of phosphoric ester groups is 1. The molecular formula is C16H27F5NO7PS. The Balaban J connectivity index is 1.97. The molecule has 2 rings (SSSR count). The minimum Gasteiger partial charge on any atom is -0.469 e. The Morgan fingerprint density at radius 1 is 1.13 bits per heavy atom. The summed E-state index contributed by atoms with van der Waals surface area (Å²) in [5, 5.41) is -0.277. The third-order valence-electron chi connectivity index (χ3n) is 5.16. The quantitative estimate of drug-likeness (QED) is 0.301. The van der Waals surface area contributed by atoms with E-state index in [0.29, 0.717) is 0 Å². The van der Waals surface area contributed by atoms with Crippen molar-refractivity contribution in [2.75, 3.05) is 20.3 Å². The van der Waals surface area contributed by atoms with Gasteiger partial charge in [-0.05, 0) is 25.7 Å². The highest BCUT2D eigenvalue weighted by Gasteiger charge is 2.69. The number of halogens is 5. The lowest BCUT2D eigenvalue weighted by atomic mass is 9.87. The minimum absolute atomic E-state index is 0.0636. The van der Waals surface area contributed by atoms with Crippen molar-refractivity contribution in [2.45, 2.75) is 63.4 Å². The minimum atomic E-state index is -9.61. The molecule has 1 aliphatic heterocycles. The molecule has 0 spiro atoms. The lowest BCUT2D eigenvalue weighted by Crippen LogP contribution is -2.50. The molecule has 1 amide bonds. The number of nitrogens with one attached hydrogen (secondary N) is 1. The zero-order chi connectivity index (χ0) is 23.8. The van der Waals surface area contributed by atoms with Crippen LogP contribution < -0.4 is 5.32 Å². The number of rotatable bonds is 7. The number of carbonyl (C=O) groups excluding carboxylic acids is 2. The average molecular weight is 503 g/mol. The molecule has 31 heavy (non-hydrogen) atoms. The molecule has 15 heteroatoms. The number of hydrogen-bond acceptors (Lipinski definition) is 7. The number of carbonyl (C=O) groups is 2. The number of esters is 1. The summed E-state index contributed by atoms with van der Waals surface area (Å²) in [7, 11) is -12.8. The summed E-state index contributed by atoms with van der Waals surface area (Å²) in [4.78, 5) is 23.6. The predicted molar refractivity (Wildman–Crippen MR) is 102 cm³/mol. The highest BCUT2D eigenvalue weighted by molar-refractivity contribution is 8.46. The van der Waals surface area contributed by atoms with E-state index in [1.807, 2.05) is 0 Å². The summed E-state index contributed by atoms with van der Waals surface area (Å²) >= 11 is 0. The van der Waals surface area contributed by atoms with Crippen molar-refractivity contribution >= 4 is 29.9 Å². The molecule has 0 aromatic heterocycles. The zero-order valence-corrected chi connectivity index (χ0v) is 19.0. The van der Waals surface area contributed by atoms with E-state index in [0.717, 1.165) is 0 Å². The molecule has 8 nitrogen and oxygen atoms in total. The van der Waals surface area contributed by atoms with Crippen LogP contribution in [-0.2, 0) is 32.5 Å². The van der Waals surface area contributed by atoms with Crippen molar-refractivity contribution in [2.24, 2.45) is 5.41 Å². The van der Waals surface area contributed by atoms with E-state index in [1.54, 1.807) is 13.8 Å². The Kier molecular flexibility index (Phi) is 6.89. The highest BCUT2D eigenvalue weighted by atomic mass is 32.5. The van der Waals surface area contributed by atoms with Crippen LogP contribution in [0.15, 0.2) is 0 Å². The zero-order valence-electron chi connectivity index (χ0n) is 17.3. The van der Waals surface area contributed by atoms with Gasteiger partial charge in [-0.1, -0.05) is 33.3 Å². The number of phosphoric acid groups is 1. The fraction of sp³-hybridized carbons (Fsp3) is 0.875. The molecule has 0 unspecified atom stereocenters. The number of methoxy groups -OCH3 is 1. The molecule has 184 valence electrons. The van der Waals surface area contributed by atoms with Crippen LogP contribution in [0.1, 0.15) is 46.0 Å². The lowest BCUT2D eigenvalue weighted by Gasteiger charge is -2.49. The molecule has 0 aromatic rings. The van der Waals surface area contributed by atoms with Gasteiger partial charge in [0, 0.05) is 12.0 Å². The molecule has 2 aliphatic rings. The maximum Gasteiger partial charge on any atom is 0.475 e. The van der Waals surface area contributed by atoms with E-state index in [2.05, 4.69) is 10.1 Å². The molecule has 0 radical (unpaired) electrons. The van der Waals surface area contributed by atoms with Crippen molar-refractivity contribution in [3.8, 4) is 0 Å². The Hall–Kier alpha value is -0.950. The van der Waals surface area contributed by atoms with Crippen molar-refractivity contribution in [1.82, 2.24) is 5.32 Å². The first-order valence-corrected chi connectivity index (χ1v) is 13.0. The Morgan fingerprint density at radius 2 is 1.71 bits per heavy atom. The van der Waals surface area contributed by atoms with Gasteiger partial charge in [0.25, 0.3) is 10.2 Å². The van der Waals surface area contributed by atoms with Gasteiger partial charge in [-0.2, -0.15) is 0 Å². The van der Waals surface area contributed by atoms with Crippen LogP contribution in [-0.4, -0.2) is 49.6 Å². The summed E-state index contributed by atoms with van der Waals surface area (Å²) in [6.45, 7) is 2.91. The van der Waals surface area contributed by atoms with Crippen molar-refractivity contribution in [3.63, 3.8) is 0 Å². The fourth-order valence-electron chi connectivity index (χ4n) is 3.33. The van der Waals surface area contributed by atoms with E-state index >= 15 is 0 Å².